The molecule has 0 aromatic heterocycles. The Morgan fingerprint density at radius 1 is 1.17 bits per heavy atom. The number of carbonyl (C=O) groups is 2. The highest BCUT2D eigenvalue weighted by Gasteiger charge is 2.14. The Balaban J connectivity index is 0.000000656. The summed E-state index contributed by atoms with van der Waals surface area (Å²) in [6.45, 7) is 11.5. The van der Waals surface area contributed by atoms with E-state index in [4.69, 9.17) is 34.0 Å². The molecule has 8 heteroatoms. The van der Waals surface area contributed by atoms with Crippen molar-refractivity contribution < 1.29 is 34.0 Å². The van der Waals surface area contributed by atoms with Crippen LogP contribution in [0.15, 0.2) is 30.9 Å². The molecule has 1 heterocycles. The van der Waals surface area contributed by atoms with Gasteiger partial charge in [0, 0.05) is 12.1 Å². The van der Waals surface area contributed by atoms with Crippen molar-refractivity contribution in [1.29, 1.82) is 0 Å². The van der Waals surface area contributed by atoms with Gasteiger partial charge in [-0.2, -0.15) is 0 Å². The number of carboxylic acid groups (broad SMARTS) is 2. The fourth-order valence-electron chi connectivity index (χ4n) is 2.93. The molecular weight excluding hydrogens is 390 g/mol. The first-order valence-corrected chi connectivity index (χ1v) is 10.0. The van der Waals surface area contributed by atoms with Gasteiger partial charge in [-0.1, -0.05) is 13.0 Å². The summed E-state index contributed by atoms with van der Waals surface area (Å²) in [5, 5.41) is 14.8. The lowest BCUT2D eigenvalue weighted by molar-refractivity contribution is -0.159. The van der Waals surface area contributed by atoms with Crippen molar-refractivity contribution in [3.63, 3.8) is 0 Å². The van der Waals surface area contributed by atoms with Crippen LogP contribution in [0.4, 0.5) is 0 Å². The predicted molar refractivity (Wildman–Crippen MR) is 113 cm³/mol. The van der Waals surface area contributed by atoms with Crippen LogP contribution in [0.1, 0.15) is 25.3 Å². The lowest BCUT2D eigenvalue weighted by Crippen LogP contribution is -2.35. The first-order chi connectivity index (χ1) is 14.4. The number of carboxylic acids is 2. The molecule has 2 N–H and O–H groups in total. The van der Waals surface area contributed by atoms with Crippen LogP contribution in [-0.4, -0.2) is 73.6 Å². The smallest absolute Gasteiger partial charge is 0.414 e. The molecule has 0 aliphatic carbocycles. The number of hydrogen-bond donors (Lipinski definition) is 2. The highest BCUT2D eigenvalue weighted by atomic mass is 16.5. The Kier molecular flexibility index (Phi) is 12.2. The van der Waals surface area contributed by atoms with Crippen LogP contribution in [0, 0.1) is 5.92 Å². The lowest BCUT2D eigenvalue weighted by Gasteiger charge is -2.29. The Hall–Kier alpha value is -2.58. The largest absolute Gasteiger partial charge is 0.497 e. The molecule has 1 fully saturated rings. The van der Waals surface area contributed by atoms with E-state index in [2.05, 4.69) is 18.4 Å². The van der Waals surface area contributed by atoms with E-state index in [-0.39, 0.29) is 0 Å². The molecule has 1 aromatic carbocycles. The van der Waals surface area contributed by atoms with Gasteiger partial charge in [-0.25, -0.2) is 9.59 Å². The van der Waals surface area contributed by atoms with Crippen LogP contribution in [0.3, 0.4) is 0 Å². The van der Waals surface area contributed by atoms with E-state index in [1.165, 1.54) is 25.9 Å². The maximum Gasteiger partial charge on any atom is 0.414 e. The fourth-order valence-corrected chi connectivity index (χ4v) is 2.93. The second-order valence-electron chi connectivity index (χ2n) is 7.06. The molecule has 0 spiro atoms. The van der Waals surface area contributed by atoms with Gasteiger partial charge >= 0.3 is 11.9 Å². The maximum atomic E-state index is 9.10. The van der Waals surface area contributed by atoms with Crippen LogP contribution in [0.25, 0.3) is 0 Å². The Labute approximate surface area is 178 Å². The van der Waals surface area contributed by atoms with Crippen molar-refractivity contribution in [2.75, 3.05) is 46.6 Å². The van der Waals surface area contributed by atoms with Crippen LogP contribution in [0.5, 0.6) is 11.5 Å². The molecule has 168 valence electrons. The molecule has 8 nitrogen and oxygen atoms in total. The average Bonchev–Trinajstić information content (AvgIpc) is 2.73. The van der Waals surface area contributed by atoms with Gasteiger partial charge in [0.05, 0.1) is 20.3 Å². The van der Waals surface area contributed by atoms with Crippen LogP contribution < -0.4 is 9.47 Å². The summed E-state index contributed by atoms with van der Waals surface area (Å²) < 4.78 is 16.8. The van der Waals surface area contributed by atoms with Crippen molar-refractivity contribution in [1.82, 2.24) is 4.90 Å². The maximum absolute atomic E-state index is 9.10. The summed E-state index contributed by atoms with van der Waals surface area (Å²) in [6, 6.07) is 5.86. The zero-order valence-corrected chi connectivity index (χ0v) is 17.8. The molecule has 0 radical (unpaired) electrons. The highest BCUT2D eigenvalue weighted by Crippen LogP contribution is 2.25. The number of likely N-dealkylation sites (tertiary alicyclic amines) is 1. The molecule has 2 rings (SSSR count). The first kappa shape index (κ1) is 25.5. The van der Waals surface area contributed by atoms with Crippen molar-refractivity contribution in [3.8, 4) is 11.5 Å². The van der Waals surface area contributed by atoms with Crippen LogP contribution in [-0.2, 0) is 20.7 Å². The lowest BCUT2D eigenvalue weighted by atomic mass is 9.99. The number of aliphatic carboxylic acids is 2. The first-order valence-electron chi connectivity index (χ1n) is 10.0. The number of ether oxygens (including phenoxy) is 3. The molecule has 30 heavy (non-hydrogen) atoms. The number of nitrogens with zero attached hydrogens (tertiary/aromatic N) is 1. The third-order valence-corrected chi connectivity index (χ3v) is 4.73. The van der Waals surface area contributed by atoms with Gasteiger partial charge in [0.2, 0.25) is 0 Å². The Morgan fingerprint density at radius 2 is 1.83 bits per heavy atom. The molecule has 0 unspecified atom stereocenters. The number of rotatable bonds is 10. The summed E-state index contributed by atoms with van der Waals surface area (Å²) >= 11 is 0. The number of allylic oxidation sites excluding steroid dienone is 1. The summed E-state index contributed by atoms with van der Waals surface area (Å²) in [5.74, 6) is -1.05. The van der Waals surface area contributed by atoms with Crippen molar-refractivity contribution in [3.05, 3.63) is 36.4 Å². The van der Waals surface area contributed by atoms with Gasteiger partial charge in [-0.05, 0) is 56.5 Å². The van der Waals surface area contributed by atoms with Gasteiger partial charge in [0.15, 0.2) is 0 Å². The standard InChI is InChI=1S/C20H31NO3.C2H2O4/c1-4-5-18-16-19(22-3)6-7-20(18)24-15-14-23-13-12-21-10-8-17(2)9-11-21;3-1(4)2(5)6/h4,6-7,16-17H,1,5,8-15H2,2-3H3;(H,3,4)(H,5,6). The van der Waals surface area contributed by atoms with Crippen molar-refractivity contribution in [2.45, 2.75) is 26.2 Å². The zero-order valence-electron chi connectivity index (χ0n) is 17.8. The van der Waals surface area contributed by atoms with Crippen molar-refractivity contribution in [2.24, 2.45) is 5.92 Å². The van der Waals surface area contributed by atoms with E-state index in [0.29, 0.717) is 13.2 Å². The van der Waals surface area contributed by atoms with Crippen LogP contribution in [0.2, 0.25) is 0 Å². The van der Waals surface area contributed by atoms with Gasteiger partial charge in [-0.3, -0.25) is 0 Å². The average molecular weight is 424 g/mol. The van der Waals surface area contributed by atoms with E-state index in [9.17, 15) is 0 Å². The predicted octanol–water partition coefficient (Wildman–Crippen LogP) is 2.71. The molecule has 0 amide bonds. The second kappa shape index (κ2) is 14.4. The third-order valence-electron chi connectivity index (χ3n) is 4.73. The van der Waals surface area contributed by atoms with E-state index < -0.39 is 11.9 Å². The molecule has 0 atom stereocenters. The minimum Gasteiger partial charge on any atom is -0.497 e. The number of methoxy groups -OCH3 is 1. The van der Waals surface area contributed by atoms with E-state index in [1.807, 2.05) is 24.3 Å². The van der Waals surface area contributed by atoms with E-state index in [1.54, 1.807) is 7.11 Å². The third kappa shape index (κ3) is 10.3. The second-order valence-corrected chi connectivity index (χ2v) is 7.06. The Bertz CT molecular complexity index is 657. The van der Waals surface area contributed by atoms with Gasteiger partial charge in [-0.15, -0.1) is 6.58 Å². The van der Waals surface area contributed by atoms with E-state index in [0.717, 1.165) is 42.6 Å². The van der Waals surface area contributed by atoms with Gasteiger partial charge in [0.1, 0.15) is 18.1 Å². The Morgan fingerprint density at radius 3 is 2.40 bits per heavy atom. The highest BCUT2D eigenvalue weighted by molar-refractivity contribution is 6.27. The minimum atomic E-state index is -1.82. The molecular formula is C22H33NO7. The van der Waals surface area contributed by atoms with Crippen molar-refractivity contribution >= 4 is 11.9 Å². The molecule has 0 bridgehead atoms. The SMILES string of the molecule is C=CCc1cc(OC)ccc1OCCOCCN1CCC(C)CC1.O=C(O)C(=O)O. The van der Waals surface area contributed by atoms with E-state index >= 15 is 0 Å². The summed E-state index contributed by atoms with van der Waals surface area (Å²) in [4.78, 5) is 20.7. The number of hydrogen-bond acceptors (Lipinski definition) is 6. The monoisotopic (exact) mass is 423 g/mol. The van der Waals surface area contributed by atoms with Crippen LogP contribution >= 0.6 is 0 Å². The molecule has 1 aliphatic heterocycles. The number of benzene rings is 1. The van der Waals surface area contributed by atoms with Gasteiger partial charge < -0.3 is 29.3 Å². The fraction of sp³-hybridized carbons (Fsp3) is 0.545. The minimum absolute atomic E-state index is 0.563. The zero-order chi connectivity index (χ0) is 22.4. The topological polar surface area (TPSA) is 106 Å². The molecule has 1 aliphatic rings. The van der Waals surface area contributed by atoms with Gasteiger partial charge in [0.25, 0.3) is 0 Å². The summed E-state index contributed by atoms with van der Waals surface area (Å²) in [7, 11) is 1.67. The normalized spacial score (nSPS) is 14.3. The molecule has 1 saturated heterocycles. The molecule has 0 saturated carbocycles. The summed E-state index contributed by atoms with van der Waals surface area (Å²) in [5.41, 5.74) is 1.09. The molecule has 1 aromatic rings. The quantitative estimate of drug-likeness (QED) is 0.336. The number of piperidine rings is 1. The summed E-state index contributed by atoms with van der Waals surface area (Å²) in [6.07, 6.45) is 5.26.